The molecule has 0 aromatic heterocycles. The third kappa shape index (κ3) is 1.81. The molecule has 0 aliphatic carbocycles. The topological polar surface area (TPSA) is 49.4 Å². The van der Waals surface area contributed by atoms with Crippen LogP contribution in [0.4, 0.5) is 0 Å². The van der Waals surface area contributed by atoms with Crippen molar-refractivity contribution < 1.29 is 0 Å². The van der Waals surface area contributed by atoms with Gasteiger partial charge in [0, 0.05) is 0 Å². The molecule has 8 heavy (non-hydrogen) atoms. The number of hydrogen-bond acceptors (Lipinski definition) is 4. The van der Waals surface area contributed by atoms with Crippen LogP contribution in [0.1, 0.15) is 0 Å². The minimum atomic E-state index is -0.222. The van der Waals surface area contributed by atoms with Crippen molar-refractivity contribution in [3.63, 3.8) is 0 Å². The molecule has 0 unspecified atom stereocenters. The second-order valence-corrected chi connectivity index (χ2v) is 1.06. The van der Waals surface area contributed by atoms with Crippen LogP contribution in [-0.4, -0.2) is 35.7 Å². The fourth-order valence-electron chi connectivity index (χ4n) is 0.269. The first-order chi connectivity index (χ1) is 3.43. The summed E-state index contributed by atoms with van der Waals surface area (Å²) in [5.41, 5.74) is 0. The van der Waals surface area contributed by atoms with E-state index in [0.717, 1.165) is 0 Å². The number of rotatable bonds is 1. The van der Waals surface area contributed by atoms with Gasteiger partial charge in [0.05, 0.1) is 0 Å². The van der Waals surface area contributed by atoms with Gasteiger partial charge in [0.2, 0.25) is 6.17 Å². The Kier molecular flexibility index (Phi) is 3.85. The third-order valence-electron chi connectivity index (χ3n) is 0.591. The van der Waals surface area contributed by atoms with Gasteiger partial charge in [-0.15, -0.1) is 10.2 Å². The SMILES string of the molecule is C=CC1N=NN=N1.[NaH]. The standard InChI is InChI=1S/C3H4N4.Na.H/c1-2-3-4-6-7-5-3;;/h2-3H,1H2;;. The monoisotopic (exact) mass is 120 g/mol. The van der Waals surface area contributed by atoms with Crippen molar-refractivity contribution in [2.75, 3.05) is 0 Å². The fourth-order valence-corrected chi connectivity index (χ4v) is 0.269. The molecule has 0 aromatic rings. The summed E-state index contributed by atoms with van der Waals surface area (Å²) < 4.78 is 0. The van der Waals surface area contributed by atoms with Crippen molar-refractivity contribution in [1.82, 2.24) is 0 Å². The average Bonchev–Trinajstić information content (AvgIpc) is 2.14. The van der Waals surface area contributed by atoms with Crippen molar-refractivity contribution in [1.29, 1.82) is 0 Å². The summed E-state index contributed by atoms with van der Waals surface area (Å²) in [6, 6.07) is 0. The Labute approximate surface area is 69.1 Å². The molecule has 0 N–H and O–H groups in total. The maximum atomic E-state index is 3.53. The van der Waals surface area contributed by atoms with Crippen LogP contribution in [0, 0.1) is 0 Å². The molecule has 5 heteroatoms. The van der Waals surface area contributed by atoms with E-state index in [-0.39, 0.29) is 35.7 Å². The van der Waals surface area contributed by atoms with Gasteiger partial charge < -0.3 is 0 Å². The molecule has 4 nitrogen and oxygen atoms in total. The summed E-state index contributed by atoms with van der Waals surface area (Å²) in [4.78, 5) is 0. The second-order valence-electron chi connectivity index (χ2n) is 1.06. The van der Waals surface area contributed by atoms with Gasteiger partial charge in [-0.1, -0.05) is 6.58 Å². The molecule has 38 valence electrons. The zero-order valence-electron chi connectivity index (χ0n) is 3.65. The normalized spacial score (nSPS) is 16.0. The van der Waals surface area contributed by atoms with E-state index in [1.807, 2.05) is 0 Å². The Morgan fingerprint density at radius 1 is 1.25 bits per heavy atom. The number of hydrogen-bond donors (Lipinski definition) is 0. The molecule has 1 rings (SSSR count). The van der Waals surface area contributed by atoms with E-state index in [9.17, 15) is 0 Å². The molecular weight excluding hydrogens is 115 g/mol. The average molecular weight is 120 g/mol. The van der Waals surface area contributed by atoms with Crippen LogP contribution >= 0.6 is 0 Å². The maximum absolute atomic E-state index is 3.53. The van der Waals surface area contributed by atoms with Crippen LogP contribution < -0.4 is 0 Å². The molecule has 0 bridgehead atoms. The predicted molar refractivity (Wildman–Crippen MR) is 30.8 cm³/mol. The van der Waals surface area contributed by atoms with Crippen molar-refractivity contribution in [3.05, 3.63) is 12.7 Å². The van der Waals surface area contributed by atoms with Gasteiger partial charge in [0.15, 0.2) is 0 Å². The van der Waals surface area contributed by atoms with E-state index in [4.69, 9.17) is 0 Å². The Morgan fingerprint density at radius 2 is 1.75 bits per heavy atom. The van der Waals surface area contributed by atoms with Gasteiger partial charge in [-0.3, -0.25) is 0 Å². The third-order valence-corrected chi connectivity index (χ3v) is 0.591. The Morgan fingerprint density at radius 3 is 2.00 bits per heavy atom. The molecule has 1 aliphatic rings. The van der Waals surface area contributed by atoms with E-state index >= 15 is 0 Å². The van der Waals surface area contributed by atoms with E-state index in [1.165, 1.54) is 0 Å². The summed E-state index contributed by atoms with van der Waals surface area (Å²) in [6.07, 6.45) is 1.35. The molecule has 0 radical (unpaired) electrons. The quantitative estimate of drug-likeness (QED) is 0.361. The van der Waals surface area contributed by atoms with Crippen LogP contribution in [0.3, 0.4) is 0 Å². The summed E-state index contributed by atoms with van der Waals surface area (Å²) >= 11 is 0. The zero-order chi connectivity index (χ0) is 5.11. The van der Waals surface area contributed by atoms with Crippen LogP contribution in [-0.2, 0) is 0 Å². The Balaban J connectivity index is 0.000000490. The van der Waals surface area contributed by atoms with E-state index in [1.54, 1.807) is 6.08 Å². The van der Waals surface area contributed by atoms with Gasteiger partial charge in [0.1, 0.15) is 0 Å². The van der Waals surface area contributed by atoms with E-state index < -0.39 is 0 Å². The first-order valence-corrected chi connectivity index (χ1v) is 1.86. The van der Waals surface area contributed by atoms with Crippen molar-refractivity contribution >= 4 is 29.6 Å². The molecule has 0 aromatic carbocycles. The Hall–Kier alpha value is -0.0600. The summed E-state index contributed by atoms with van der Waals surface area (Å²) in [6.45, 7) is 3.44. The zero-order valence-corrected chi connectivity index (χ0v) is 3.65. The molecule has 0 amide bonds. The molecular formula is C3H5N4Na. The van der Waals surface area contributed by atoms with E-state index in [2.05, 4.69) is 27.3 Å². The molecule has 0 spiro atoms. The molecule has 0 saturated carbocycles. The molecule has 1 aliphatic heterocycles. The van der Waals surface area contributed by atoms with Crippen LogP contribution in [0.2, 0.25) is 0 Å². The van der Waals surface area contributed by atoms with Crippen molar-refractivity contribution in [2.45, 2.75) is 6.17 Å². The first kappa shape index (κ1) is 7.94. The Bertz CT molecular complexity index is 117. The predicted octanol–water partition coefficient (Wildman–Crippen LogP) is 0.683. The van der Waals surface area contributed by atoms with Gasteiger partial charge in [-0.05, 0) is 16.5 Å². The molecule has 0 saturated heterocycles. The molecule has 0 fully saturated rings. The van der Waals surface area contributed by atoms with Gasteiger partial charge in [-0.2, -0.15) is 0 Å². The molecule has 0 atom stereocenters. The van der Waals surface area contributed by atoms with Gasteiger partial charge in [-0.25, -0.2) is 0 Å². The van der Waals surface area contributed by atoms with Crippen molar-refractivity contribution in [2.24, 2.45) is 20.7 Å². The van der Waals surface area contributed by atoms with Crippen LogP contribution in [0.15, 0.2) is 33.3 Å². The fraction of sp³-hybridized carbons (Fsp3) is 0.333. The first-order valence-electron chi connectivity index (χ1n) is 1.86. The van der Waals surface area contributed by atoms with Crippen LogP contribution in [0.25, 0.3) is 0 Å². The second kappa shape index (κ2) is 3.88. The number of nitrogens with zero attached hydrogens (tertiary/aromatic N) is 4. The summed E-state index contributed by atoms with van der Waals surface area (Å²) in [5.74, 6) is 0. The summed E-state index contributed by atoms with van der Waals surface area (Å²) in [5, 5.41) is 13.6. The minimum absolute atomic E-state index is 0. The summed E-state index contributed by atoms with van der Waals surface area (Å²) in [7, 11) is 0. The van der Waals surface area contributed by atoms with Gasteiger partial charge in [0.25, 0.3) is 0 Å². The van der Waals surface area contributed by atoms with Gasteiger partial charge >= 0.3 is 29.6 Å². The van der Waals surface area contributed by atoms with E-state index in [0.29, 0.717) is 0 Å². The van der Waals surface area contributed by atoms with Crippen LogP contribution in [0.5, 0.6) is 0 Å². The molecule has 1 heterocycles. The van der Waals surface area contributed by atoms with Crippen molar-refractivity contribution in [3.8, 4) is 0 Å².